The van der Waals surface area contributed by atoms with Gasteiger partial charge in [0.2, 0.25) is 0 Å². The fourth-order valence-corrected chi connectivity index (χ4v) is 5.00. The Morgan fingerprint density at radius 2 is 1.95 bits per heavy atom. The molecular formula is C17H31NO2. The van der Waals surface area contributed by atoms with E-state index >= 15 is 0 Å². The third-order valence-electron chi connectivity index (χ3n) is 6.03. The molecule has 0 aromatic heterocycles. The van der Waals surface area contributed by atoms with E-state index in [0.29, 0.717) is 6.04 Å². The smallest absolute Gasteiger partial charge is 0.0837 e. The first-order valence-corrected chi connectivity index (χ1v) is 8.69. The van der Waals surface area contributed by atoms with Gasteiger partial charge in [0.25, 0.3) is 0 Å². The van der Waals surface area contributed by atoms with E-state index in [9.17, 15) is 0 Å². The Hall–Kier alpha value is -0.120. The zero-order chi connectivity index (χ0) is 14.1. The molecule has 3 nitrogen and oxygen atoms in total. The molecule has 3 aliphatic rings. The molecule has 116 valence electrons. The van der Waals surface area contributed by atoms with Gasteiger partial charge in [-0.2, -0.15) is 0 Å². The summed E-state index contributed by atoms with van der Waals surface area (Å²) < 4.78 is 12.4. The van der Waals surface area contributed by atoms with Crippen LogP contribution in [0.3, 0.4) is 0 Å². The Labute approximate surface area is 123 Å². The van der Waals surface area contributed by atoms with Crippen molar-refractivity contribution in [2.24, 2.45) is 5.92 Å². The summed E-state index contributed by atoms with van der Waals surface area (Å²) in [5, 5.41) is 3.64. The maximum absolute atomic E-state index is 6.31. The summed E-state index contributed by atoms with van der Waals surface area (Å²) >= 11 is 0. The van der Waals surface area contributed by atoms with Crippen molar-refractivity contribution in [3.63, 3.8) is 0 Å². The highest BCUT2D eigenvalue weighted by atomic mass is 16.5. The summed E-state index contributed by atoms with van der Waals surface area (Å²) in [6, 6.07) is 0.506. The Kier molecular flexibility index (Phi) is 4.40. The first kappa shape index (κ1) is 14.8. The second kappa shape index (κ2) is 5.94. The Balaban J connectivity index is 1.74. The van der Waals surface area contributed by atoms with Crippen LogP contribution < -0.4 is 5.32 Å². The van der Waals surface area contributed by atoms with Crippen molar-refractivity contribution >= 4 is 0 Å². The van der Waals surface area contributed by atoms with Crippen molar-refractivity contribution in [1.29, 1.82) is 0 Å². The van der Waals surface area contributed by atoms with Gasteiger partial charge in [0.1, 0.15) is 0 Å². The lowest BCUT2D eigenvalue weighted by Gasteiger charge is -2.51. The normalized spacial score (nSPS) is 33.0. The van der Waals surface area contributed by atoms with Crippen LogP contribution in [0.4, 0.5) is 0 Å². The van der Waals surface area contributed by atoms with Crippen LogP contribution in [-0.2, 0) is 9.47 Å². The lowest BCUT2D eigenvalue weighted by molar-refractivity contribution is -0.162. The number of likely N-dealkylation sites (N-methyl/N-ethyl adjacent to an activating group) is 1. The average molecular weight is 281 g/mol. The van der Waals surface area contributed by atoms with Crippen LogP contribution in [0.15, 0.2) is 0 Å². The minimum absolute atomic E-state index is 0.0937. The number of hydrogen-bond donors (Lipinski definition) is 1. The van der Waals surface area contributed by atoms with Gasteiger partial charge in [0.05, 0.1) is 11.2 Å². The molecule has 2 saturated carbocycles. The van der Waals surface area contributed by atoms with Gasteiger partial charge in [0.15, 0.2) is 0 Å². The van der Waals surface area contributed by atoms with E-state index < -0.39 is 0 Å². The van der Waals surface area contributed by atoms with Gasteiger partial charge in [-0.15, -0.1) is 0 Å². The highest BCUT2D eigenvalue weighted by Gasteiger charge is 2.50. The molecule has 0 aromatic carbocycles. The molecule has 3 rings (SSSR count). The monoisotopic (exact) mass is 281 g/mol. The number of rotatable bonds is 5. The van der Waals surface area contributed by atoms with Crippen molar-refractivity contribution in [1.82, 2.24) is 5.32 Å². The molecule has 1 N–H and O–H groups in total. The van der Waals surface area contributed by atoms with Crippen molar-refractivity contribution in [2.45, 2.75) is 82.0 Å². The highest BCUT2D eigenvalue weighted by Crippen LogP contribution is 2.48. The molecule has 3 heteroatoms. The third kappa shape index (κ3) is 2.53. The lowest BCUT2D eigenvalue weighted by Crippen LogP contribution is -2.58. The first-order chi connectivity index (χ1) is 9.74. The molecule has 0 amide bonds. The van der Waals surface area contributed by atoms with E-state index in [0.717, 1.165) is 19.1 Å². The summed E-state index contributed by atoms with van der Waals surface area (Å²) in [4.78, 5) is 0. The van der Waals surface area contributed by atoms with Gasteiger partial charge >= 0.3 is 0 Å². The second-order valence-corrected chi connectivity index (χ2v) is 7.11. The van der Waals surface area contributed by atoms with Gasteiger partial charge in [-0.25, -0.2) is 0 Å². The van der Waals surface area contributed by atoms with Crippen LogP contribution in [0.2, 0.25) is 0 Å². The fourth-order valence-electron chi connectivity index (χ4n) is 5.00. The quantitative estimate of drug-likeness (QED) is 0.839. The molecule has 1 spiro atoms. The summed E-state index contributed by atoms with van der Waals surface area (Å²) in [5.41, 5.74) is 0.334. The fraction of sp³-hybridized carbons (Fsp3) is 1.00. The van der Waals surface area contributed by atoms with Crippen molar-refractivity contribution in [3.8, 4) is 0 Å². The zero-order valence-corrected chi connectivity index (χ0v) is 13.2. The van der Waals surface area contributed by atoms with Crippen LogP contribution in [0.25, 0.3) is 0 Å². The van der Waals surface area contributed by atoms with E-state index in [1.165, 1.54) is 57.8 Å². The molecule has 2 aliphatic carbocycles. The maximum atomic E-state index is 6.31. The Morgan fingerprint density at radius 3 is 2.50 bits per heavy atom. The van der Waals surface area contributed by atoms with E-state index in [4.69, 9.17) is 9.47 Å². The molecule has 1 heterocycles. The number of ether oxygens (including phenoxy) is 2. The molecule has 0 aromatic rings. The molecule has 1 saturated heterocycles. The summed E-state index contributed by atoms with van der Waals surface area (Å²) in [6.07, 6.45) is 11.5. The van der Waals surface area contributed by atoms with Crippen LogP contribution in [-0.4, -0.2) is 37.5 Å². The van der Waals surface area contributed by atoms with E-state index in [1.807, 2.05) is 0 Å². The molecule has 3 fully saturated rings. The van der Waals surface area contributed by atoms with Gasteiger partial charge in [-0.1, -0.05) is 12.8 Å². The molecule has 20 heavy (non-hydrogen) atoms. The average Bonchev–Trinajstić information content (AvgIpc) is 2.88. The van der Waals surface area contributed by atoms with E-state index in [2.05, 4.69) is 19.3 Å². The van der Waals surface area contributed by atoms with E-state index in [1.54, 1.807) is 0 Å². The predicted octanol–water partition coefficient (Wildman–Crippen LogP) is 3.27. The van der Waals surface area contributed by atoms with Crippen LogP contribution >= 0.6 is 0 Å². The predicted molar refractivity (Wildman–Crippen MR) is 80.9 cm³/mol. The molecule has 0 bridgehead atoms. The molecule has 2 atom stereocenters. The summed E-state index contributed by atoms with van der Waals surface area (Å²) in [7, 11) is 2.13. The maximum Gasteiger partial charge on any atom is 0.0837 e. The van der Waals surface area contributed by atoms with Gasteiger partial charge in [-0.05, 0) is 64.8 Å². The van der Waals surface area contributed by atoms with Crippen LogP contribution in [0, 0.1) is 5.92 Å². The van der Waals surface area contributed by atoms with Crippen LogP contribution in [0.5, 0.6) is 0 Å². The molecule has 2 unspecified atom stereocenters. The third-order valence-corrected chi connectivity index (χ3v) is 6.03. The van der Waals surface area contributed by atoms with Crippen molar-refractivity contribution in [3.05, 3.63) is 0 Å². The molecular weight excluding hydrogens is 250 g/mol. The highest BCUT2D eigenvalue weighted by molar-refractivity contribution is 5.04. The second-order valence-electron chi connectivity index (χ2n) is 7.11. The zero-order valence-electron chi connectivity index (χ0n) is 13.2. The van der Waals surface area contributed by atoms with E-state index in [-0.39, 0.29) is 11.2 Å². The van der Waals surface area contributed by atoms with Gasteiger partial charge < -0.3 is 14.8 Å². The van der Waals surface area contributed by atoms with Crippen molar-refractivity contribution in [2.75, 3.05) is 20.3 Å². The largest absolute Gasteiger partial charge is 0.375 e. The molecule has 1 aliphatic heterocycles. The first-order valence-electron chi connectivity index (χ1n) is 8.69. The van der Waals surface area contributed by atoms with Crippen molar-refractivity contribution < 1.29 is 9.47 Å². The number of nitrogens with one attached hydrogen (secondary N) is 1. The Bertz CT molecular complexity index is 321. The minimum Gasteiger partial charge on any atom is -0.375 e. The summed E-state index contributed by atoms with van der Waals surface area (Å²) in [6.45, 7) is 3.93. The topological polar surface area (TPSA) is 30.5 Å². The minimum atomic E-state index is 0.0937. The van der Waals surface area contributed by atoms with Gasteiger partial charge in [-0.3, -0.25) is 0 Å². The number of hydrogen-bond acceptors (Lipinski definition) is 3. The lowest BCUT2D eigenvalue weighted by atomic mass is 9.68. The standard InChI is InChI=1S/C17H31NO2/c1-3-19-17(10-4-5-11-17)15(18-2)14-7-12-20-16(13-14)8-6-9-16/h14-15,18H,3-13H2,1-2H3. The SMILES string of the molecule is CCOC1(C(NC)C2CCOC3(CCC3)C2)CCCC1. The molecule has 0 radical (unpaired) electrons. The summed E-state index contributed by atoms with van der Waals surface area (Å²) in [5.74, 6) is 0.721. The van der Waals surface area contributed by atoms with Gasteiger partial charge in [0, 0.05) is 19.3 Å². The Morgan fingerprint density at radius 1 is 1.20 bits per heavy atom. The van der Waals surface area contributed by atoms with Crippen LogP contribution in [0.1, 0.15) is 64.7 Å².